The zero-order valence-corrected chi connectivity index (χ0v) is 30.8. The van der Waals surface area contributed by atoms with Crippen molar-refractivity contribution in [2.75, 3.05) is 6.61 Å². The summed E-state index contributed by atoms with van der Waals surface area (Å²) in [6.07, 6.45) is 7.53. The summed E-state index contributed by atoms with van der Waals surface area (Å²) in [7, 11) is -2.72. The summed E-state index contributed by atoms with van der Waals surface area (Å²) in [6.45, 7) is 13.7. The molecule has 6 rings (SSSR count). The Kier molecular flexibility index (Phi) is 10.0. The van der Waals surface area contributed by atoms with Crippen LogP contribution in [-0.4, -0.2) is 49.9 Å². The highest BCUT2D eigenvalue weighted by atomic mass is 28.4. The fourth-order valence-electron chi connectivity index (χ4n) is 8.32. The lowest BCUT2D eigenvalue weighted by atomic mass is 9.68. The molecular formula is C42H50FNO4Si. The quantitative estimate of drug-likeness (QED) is 0.180. The van der Waals surface area contributed by atoms with Crippen molar-refractivity contribution in [1.29, 1.82) is 0 Å². The molecule has 2 aliphatic heterocycles. The predicted octanol–water partition coefficient (Wildman–Crippen LogP) is 7.91. The zero-order chi connectivity index (χ0) is 35.0. The number of likely N-dealkylation sites (tertiary alicyclic amines) is 1. The molecule has 2 fully saturated rings. The lowest BCUT2D eigenvalue weighted by molar-refractivity contribution is -0.141. The van der Waals surface area contributed by atoms with E-state index in [0.717, 1.165) is 29.6 Å². The monoisotopic (exact) mass is 679 g/mol. The molecule has 0 bridgehead atoms. The molecule has 2 amide bonds. The lowest BCUT2D eigenvalue weighted by Gasteiger charge is -2.46. The van der Waals surface area contributed by atoms with Gasteiger partial charge in [-0.15, -0.1) is 0 Å². The van der Waals surface area contributed by atoms with Crippen molar-refractivity contribution in [2.45, 2.75) is 103 Å². The highest BCUT2D eigenvalue weighted by Crippen LogP contribution is 2.47. The second kappa shape index (κ2) is 13.9. The van der Waals surface area contributed by atoms with Crippen molar-refractivity contribution < 1.29 is 23.1 Å². The number of imide groups is 1. The number of hydrogen-bond donors (Lipinski definition) is 0. The lowest BCUT2D eigenvalue weighted by Crippen LogP contribution is -2.68. The van der Waals surface area contributed by atoms with Gasteiger partial charge in [-0.2, -0.15) is 0 Å². The van der Waals surface area contributed by atoms with Crippen molar-refractivity contribution in [2.24, 2.45) is 5.41 Å². The number of benzene rings is 3. The molecule has 7 heteroatoms. The Morgan fingerprint density at radius 2 is 1.55 bits per heavy atom. The van der Waals surface area contributed by atoms with Crippen LogP contribution >= 0.6 is 0 Å². The van der Waals surface area contributed by atoms with Crippen molar-refractivity contribution in [3.05, 3.63) is 114 Å². The molecule has 3 atom stereocenters. The third-order valence-electron chi connectivity index (χ3n) is 10.7. The molecular weight excluding hydrogens is 630 g/mol. The molecule has 1 unspecified atom stereocenters. The van der Waals surface area contributed by atoms with Crippen LogP contribution in [-0.2, 0) is 18.8 Å². The van der Waals surface area contributed by atoms with Gasteiger partial charge in [-0.3, -0.25) is 14.5 Å². The van der Waals surface area contributed by atoms with Crippen molar-refractivity contribution >= 4 is 36.1 Å². The van der Waals surface area contributed by atoms with E-state index in [9.17, 15) is 14.0 Å². The van der Waals surface area contributed by atoms with Gasteiger partial charge in [0.2, 0.25) is 11.8 Å². The normalized spacial score (nSPS) is 23.5. The first-order chi connectivity index (χ1) is 23.3. The molecule has 2 saturated heterocycles. The summed E-state index contributed by atoms with van der Waals surface area (Å²) in [5.41, 5.74) is 3.32. The molecule has 5 nitrogen and oxygen atoms in total. The number of rotatable bonds is 8. The number of ether oxygens (including phenoxy) is 1. The summed E-state index contributed by atoms with van der Waals surface area (Å²) in [6, 6.07) is 26.5. The Morgan fingerprint density at radius 1 is 0.939 bits per heavy atom. The molecule has 3 aliphatic rings. The number of carbonyl (C=O) groups excluding carboxylic acids is 2. The average molecular weight is 680 g/mol. The fraction of sp³-hybridized carbons (Fsp3) is 0.429. The maximum Gasteiger partial charge on any atom is 0.261 e. The van der Waals surface area contributed by atoms with Crippen LogP contribution in [0.5, 0.6) is 0 Å². The Labute approximate surface area is 292 Å². The topological polar surface area (TPSA) is 55.8 Å². The van der Waals surface area contributed by atoms with Crippen LogP contribution in [0.25, 0.3) is 5.57 Å². The maximum absolute atomic E-state index is 14.4. The van der Waals surface area contributed by atoms with E-state index in [1.165, 1.54) is 21.3 Å². The van der Waals surface area contributed by atoms with Crippen molar-refractivity contribution in [1.82, 2.24) is 4.90 Å². The van der Waals surface area contributed by atoms with E-state index >= 15 is 0 Å². The standard InChI is InChI=1S/C42H50FNO4Si/c1-29-25-30(17-20-38(29)43)36-26-31(44-39(45)21-22-40(44)46)28-42(5,6)37(36)19-18-32-27-33(23-24-47-32)48-49(41(2,3)4,34-13-9-7-10-14-34)35-15-11-8-12-16-35/h7-20,25,31-33H,21-24,26-28H2,1-6H3/b19-18+/t31?,32-,33+/m0/s1. The van der Waals surface area contributed by atoms with Crippen LogP contribution in [0.15, 0.2) is 96.6 Å². The van der Waals surface area contributed by atoms with Crippen LogP contribution in [0.1, 0.15) is 84.3 Å². The minimum Gasteiger partial charge on any atom is -0.404 e. The Balaban J connectivity index is 1.33. The smallest absolute Gasteiger partial charge is 0.261 e. The van der Waals surface area contributed by atoms with Gasteiger partial charge in [0.1, 0.15) is 5.82 Å². The van der Waals surface area contributed by atoms with Crippen LogP contribution in [0.4, 0.5) is 4.39 Å². The van der Waals surface area contributed by atoms with Crippen LogP contribution < -0.4 is 10.4 Å². The summed E-state index contributed by atoms with van der Waals surface area (Å²) >= 11 is 0. The minimum atomic E-state index is -2.72. The molecule has 0 radical (unpaired) electrons. The van der Waals surface area contributed by atoms with Gasteiger partial charge in [0, 0.05) is 31.9 Å². The Bertz CT molecular complexity index is 1690. The van der Waals surface area contributed by atoms with E-state index in [4.69, 9.17) is 9.16 Å². The molecule has 258 valence electrons. The molecule has 0 spiro atoms. The van der Waals surface area contributed by atoms with Crippen LogP contribution in [0.3, 0.4) is 0 Å². The summed E-state index contributed by atoms with van der Waals surface area (Å²) in [5.74, 6) is -0.440. The highest BCUT2D eigenvalue weighted by Gasteiger charge is 2.52. The van der Waals surface area contributed by atoms with E-state index in [1.54, 1.807) is 6.92 Å². The van der Waals surface area contributed by atoms with Gasteiger partial charge < -0.3 is 9.16 Å². The van der Waals surface area contributed by atoms with E-state index in [-0.39, 0.29) is 59.2 Å². The molecule has 0 aromatic heterocycles. The van der Waals surface area contributed by atoms with Gasteiger partial charge in [-0.25, -0.2) is 4.39 Å². The summed E-state index contributed by atoms with van der Waals surface area (Å²) < 4.78 is 28.3. The van der Waals surface area contributed by atoms with E-state index in [0.29, 0.717) is 25.0 Å². The van der Waals surface area contributed by atoms with E-state index in [1.807, 2.05) is 12.1 Å². The number of nitrogens with zero attached hydrogens (tertiary/aromatic N) is 1. The highest BCUT2D eigenvalue weighted by molar-refractivity contribution is 6.99. The average Bonchev–Trinajstić information content (AvgIpc) is 3.41. The number of amides is 2. The second-order valence-corrected chi connectivity index (χ2v) is 19.9. The number of hydrogen-bond acceptors (Lipinski definition) is 4. The molecule has 0 N–H and O–H groups in total. The number of aryl methyl sites for hydroxylation is 1. The first-order valence-electron chi connectivity index (χ1n) is 17.7. The third-order valence-corrected chi connectivity index (χ3v) is 15.8. The van der Waals surface area contributed by atoms with Gasteiger partial charge in [0.15, 0.2) is 0 Å². The van der Waals surface area contributed by atoms with E-state index in [2.05, 4.69) is 107 Å². The summed E-state index contributed by atoms with van der Waals surface area (Å²) in [5, 5.41) is 2.42. The van der Waals surface area contributed by atoms with Crippen molar-refractivity contribution in [3.63, 3.8) is 0 Å². The van der Waals surface area contributed by atoms with Gasteiger partial charge >= 0.3 is 0 Å². The first kappa shape index (κ1) is 35.2. The molecule has 3 aromatic carbocycles. The molecule has 3 aromatic rings. The molecule has 2 heterocycles. The van der Waals surface area contributed by atoms with Gasteiger partial charge in [0.25, 0.3) is 8.32 Å². The SMILES string of the molecule is Cc1cc(C2=C(/C=C/[C@H]3C[C@H](O[Si](c4ccccc4)(c4ccccc4)C(C)(C)C)CCO3)C(C)(C)CC(N3C(=O)CCC3=O)C2)ccc1F. The number of halogens is 1. The van der Waals surface area contributed by atoms with E-state index < -0.39 is 8.32 Å². The fourth-order valence-corrected chi connectivity index (χ4v) is 13.1. The number of carbonyl (C=O) groups is 2. The van der Waals surface area contributed by atoms with Crippen molar-refractivity contribution in [3.8, 4) is 0 Å². The predicted molar refractivity (Wildman–Crippen MR) is 197 cm³/mol. The second-order valence-electron chi connectivity index (χ2n) is 15.7. The molecule has 0 saturated carbocycles. The first-order valence-corrected chi connectivity index (χ1v) is 19.6. The zero-order valence-electron chi connectivity index (χ0n) is 29.8. The minimum absolute atomic E-state index is 0.0128. The summed E-state index contributed by atoms with van der Waals surface area (Å²) in [4.78, 5) is 27.1. The Morgan fingerprint density at radius 3 is 2.12 bits per heavy atom. The Hall–Kier alpha value is -3.65. The molecule has 1 aliphatic carbocycles. The van der Waals surface area contributed by atoms with Gasteiger partial charge in [-0.05, 0) is 81.4 Å². The number of allylic oxidation sites excluding steroid dienone is 2. The largest absolute Gasteiger partial charge is 0.404 e. The maximum atomic E-state index is 14.4. The molecule has 49 heavy (non-hydrogen) atoms. The van der Waals surface area contributed by atoms with Crippen LogP contribution in [0, 0.1) is 18.2 Å². The van der Waals surface area contributed by atoms with Gasteiger partial charge in [0.05, 0.1) is 12.2 Å². The van der Waals surface area contributed by atoms with Crippen LogP contribution in [0.2, 0.25) is 5.04 Å². The third kappa shape index (κ3) is 7.03. The van der Waals surface area contributed by atoms with Gasteiger partial charge in [-0.1, -0.05) is 114 Å².